The third-order valence-electron chi connectivity index (χ3n) is 4.57. The molecule has 3 aromatic carbocycles. The van der Waals surface area contributed by atoms with Gasteiger partial charge in [-0.05, 0) is 42.0 Å². The molecule has 0 saturated carbocycles. The van der Waals surface area contributed by atoms with Gasteiger partial charge >= 0.3 is 0 Å². The number of rotatable bonds is 4. The molecule has 1 aliphatic heterocycles. The van der Waals surface area contributed by atoms with Crippen LogP contribution in [-0.4, -0.2) is 12.9 Å². The van der Waals surface area contributed by atoms with Crippen molar-refractivity contribution in [3.63, 3.8) is 0 Å². The molecule has 0 N–H and O–H groups in total. The zero-order valence-corrected chi connectivity index (χ0v) is 15.2. The molecule has 0 amide bonds. The Labute approximate surface area is 158 Å². The lowest BCUT2D eigenvalue weighted by Gasteiger charge is -2.44. The molecule has 1 unspecified atom stereocenters. The van der Waals surface area contributed by atoms with E-state index in [4.69, 9.17) is 21.3 Å². The van der Waals surface area contributed by atoms with Crippen LogP contribution in [0.1, 0.15) is 18.0 Å². The van der Waals surface area contributed by atoms with Gasteiger partial charge in [0, 0.05) is 23.2 Å². The summed E-state index contributed by atoms with van der Waals surface area (Å²) in [5.41, 5.74) is 3.26. The van der Waals surface area contributed by atoms with Crippen LogP contribution >= 0.6 is 11.6 Å². The quantitative estimate of drug-likeness (QED) is 0.566. The highest BCUT2D eigenvalue weighted by molar-refractivity contribution is 6.30. The van der Waals surface area contributed by atoms with Crippen molar-refractivity contribution in [2.24, 2.45) is 4.99 Å². The van der Waals surface area contributed by atoms with Crippen molar-refractivity contribution in [1.29, 1.82) is 0 Å². The molecule has 0 spiro atoms. The highest BCUT2D eigenvalue weighted by atomic mass is 35.5. The fourth-order valence-electron chi connectivity index (χ4n) is 3.22. The molecule has 0 aliphatic carbocycles. The zero-order valence-electron chi connectivity index (χ0n) is 14.5. The maximum atomic E-state index is 6.05. The first-order valence-electron chi connectivity index (χ1n) is 8.56. The third kappa shape index (κ3) is 3.31. The minimum Gasteiger partial charge on any atom is -0.497 e. The standard InChI is InChI=1S/C22H19ClN2O/c1-26-20-9-5-8-19(14-20)25-21(16-10-12-17(23)13-11-16)15-22(25)24-18-6-3-2-4-7-18/h2-14,21H,15H2,1H3. The molecule has 1 aliphatic rings. The smallest absolute Gasteiger partial charge is 0.120 e. The molecule has 0 radical (unpaired) electrons. The molecule has 1 saturated heterocycles. The minimum absolute atomic E-state index is 0.238. The van der Waals surface area contributed by atoms with Gasteiger partial charge in [0.2, 0.25) is 0 Å². The molecule has 1 heterocycles. The second-order valence-electron chi connectivity index (χ2n) is 6.21. The van der Waals surface area contributed by atoms with Gasteiger partial charge < -0.3 is 9.64 Å². The van der Waals surface area contributed by atoms with Gasteiger partial charge in [-0.3, -0.25) is 0 Å². The number of amidine groups is 1. The van der Waals surface area contributed by atoms with Crippen LogP contribution in [-0.2, 0) is 0 Å². The SMILES string of the molecule is COc1cccc(N2C(=Nc3ccccc3)CC2c2ccc(Cl)cc2)c1. The summed E-state index contributed by atoms with van der Waals surface area (Å²) >= 11 is 6.05. The van der Waals surface area contributed by atoms with Gasteiger partial charge in [0.05, 0.1) is 18.8 Å². The van der Waals surface area contributed by atoms with Crippen molar-refractivity contribution in [3.8, 4) is 5.75 Å². The lowest BCUT2D eigenvalue weighted by atomic mass is 9.92. The fraction of sp³-hybridized carbons (Fsp3) is 0.136. The fourth-order valence-corrected chi connectivity index (χ4v) is 3.35. The Morgan fingerprint density at radius 2 is 1.73 bits per heavy atom. The van der Waals surface area contributed by atoms with Crippen LogP contribution in [0, 0.1) is 0 Å². The number of hydrogen-bond acceptors (Lipinski definition) is 2. The first kappa shape index (κ1) is 16.7. The topological polar surface area (TPSA) is 24.8 Å². The number of aliphatic imine (C=N–C) groups is 1. The van der Waals surface area contributed by atoms with Crippen LogP contribution < -0.4 is 9.64 Å². The Hall–Kier alpha value is -2.78. The van der Waals surface area contributed by atoms with Gasteiger partial charge in [0.1, 0.15) is 11.6 Å². The van der Waals surface area contributed by atoms with Crippen molar-refractivity contribution < 1.29 is 4.74 Å². The van der Waals surface area contributed by atoms with Crippen molar-refractivity contribution in [2.45, 2.75) is 12.5 Å². The van der Waals surface area contributed by atoms with E-state index in [2.05, 4.69) is 23.1 Å². The Kier molecular flexibility index (Phi) is 4.63. The third-order valence-corrected chi connectivity index (χ3v) is 4.82. The average Bonchev–Trinajstić information content (AvgIpc) is 2.67. The summed E-state index contributed by atoms with van der Waals surface area (Å²) in [5.74, 6) is 1.88. The predicted molar refractivity (Wildman–Crippen MR) is 108 cm³/mol. The Morgan fingerprint density at radius 3 is 2.46 bits per heavy atom. The molecule has 130 valence electrons. The Morgan fingerprint density at radius 1 is 0.962 bits per heavy atom. The summed E-state index contributed by atoms with van der Waals surface area (Å²) in [6.45, 7) is 0. The van der Waals surface area contributed by atoms with Gasteiger partial charge in [-0.25, -0.2) is 4.99 Å². The van der Waals surface area contributed by atoms with Crippen LogP contribution in [0.15, 0.2) is 83.9 Å². The van der Waals surface area contributed by atoms with Crippen LogP contribution in [0.5, 0.6) is 5.75 Å². The summed E-state index contributed by atoms with van der Waals surface area (Å²) in [4.78, 5) is 7.11. The largest absolute Gasteiger partial charge is 0.497 e. The van der Waals surface area contributed by atoms with Gasteiger partial charge in [-0.1, -0.05) is 48.0 Å². The Bertz CT molecular complexity index is 922. The lowest BCUT2D eigenvalue weighted by molar-refractivity contribution is 0.414. The molecular weight excluding hydrogens is 344 g/mol. The van der Waals surface area contributed by atoms with Crippen molar-refractivity contribution in [2.75, 3.05) is 12.0 Å². The number of halogens is 1. The van der Waals surface area contributed by atoms with Crippen LogP contribution in [0.25, 0.3) is 0 Å². The van der Waals surface area contributed by atoms with E-state index < -0.39 is 0 Å². The van der Waals surface area contributed by atoms with E-state index in [1.807, 2.05) is 60.7 Å². The van der Waals surface area contributed by atoms with Gasteiger partial charge in [-0.2, -0.15) is 0 Å². The number of methoxy groups -OCH3 is 1. The maximum absolute atomic E-state index is 6.05. The molecule has 0 aromatic heterocycles. The number of benzene rings is 3. The van der Waals surface area contributed by atoms with Crippen LogP contribution in [0.2, 0.25) is 5.02 Å². The first-order valence-corrected chi connectivity index (χ1v) is 8.94. The van der Waals surface area contributed by atoms with Crippen LogP contribution in [0.4, 0.5) is 11.4 Å². The molecule has 0 bridgehead atoms. The molecule has 4 rings (SSSR count). The average molecular weight is 363 g/mol. The molecule has 26 heavy (non-hydrogen) atoms. The molecular formula is C22H19ClN2O. The van der Waals surface area contributed by atoms with E-state index in [0.717, 1.165) is 34.4 Å². The number of hydrogen-bond donors (Lipinski definition) is 0. The monoisotopic (exact) mass is 362 g/mol. The van der Waals surface area contributed by atoms with Crippen molar-refractivity contribution in [1.82, 2.24) is 0 Å². The maximum Gasteiger partial charge on any atom is 0.120 e. The van der Waals surface area contributed by atoms with E-state index in [1.54, 1.807) is 7.11 Å². The first-order chi connectivity index (χ1) is 12.7. The predicted octanol–water partition coefficient (Wildman–Crippen LogP) is 6.03. The van der Waals surface area contributed by atoms with Crippen molar-refractivity contribution >= 4 is 28.8 Å². The molecule has 4 heteroatoms. The molecule has 3 nitrogen and oxygen atoms in total. The van der Waals surface area contributed by atoms with E-state index in [0.29, 0.717) is 0 Å². The highest BCUT2D eigenvalue weighted by Crippen LogP contribution is 2.41. The van der Waals surface area contributed by atoms with Gasteiger partial charge in [0.25, 0.3) is 0 Å². The Balaban J connectivity index is 1.72. The summed E-state index contributed by atoms with van der Waals surface area (Å²) < 4.78 is 5.40. The van der Waals surface area contributed by atoms with Gasteiger partial charge in [-0.15, -0.1) is 0 Å². The minimum atomic E-state index is 0.238. The van der Waals surface area contributed by atoms with Crippen LogP contribution in [0.3, 0.4) is 0 Å². The molecule has 3 aromatic rings. The lowest BCUT2D eigenvalue weighted by Crippen LogP contribution is -2.46. The van der Waals surface area contributed by atoms with Gasteiger partial charge in [0.15, 0.2) is 0 Å². The van der Waals surface area contributed by atoms with Crippen molar-refractivity contribution in [3.05, 3.63) is 89.4 Å². The zero-order chi connectivity index (χ0) is 17.9. The summed E-state index contributed by atoms with van der Waals surface area (Å²) in [7, 11) is 1.69. The summed E-state index contributed by atoms with van der Waals surface area (Å²) in [5, 5.41) is 0.749. The molecule has 1 atom stereocenters. The summed E-state index contributed by atoms with van der Waals surface area (Å²) in [6.07, 6.45) is 0.883. The number of anilines is 1. The number of ether oxygens (including phenoxy) is 1. The normalized spacial score (nSPS) is 17.8. The second-order valence-corrected chi connectivity index (χ2v) is 6.64. The van der Waals surface area contributed by atoms with E-state index in [-0.39, 0.29) is 6.04 Å². The van der Waals surface area contributed by atoms with E-state index in [9.17, 15) is 0 Å². The molecule has 1 fully saturated rings. The van der Waals surface area contributed by atoms with E-state index in [1.165, 1.54) is 5.56 Å². The van der Waals surface area contributed by atoms with E-state index >= 15 is 0 Å². The summed E-state index contributed by atoms with van der Waals surface area (Å²) in [6, 6.07) is 26.4. The number of nitrogens with zero attached hydrogens (tertiary/aromatic N) is 2. The second kappa shape index (κ2) is 7.22. The number of para-hydroxylation sites is 1. The highest BCUT2D eigenvalue weighted by Gasteiger charge is 2.36.